The summed E-state index contributed by atoms with van der Waals surface area (Å²) in [7, 11) is -2.66. The fourth-order valence-electron chi connectivity index (χ4n) is 3.79. The van der Waals surface area contributed by atoms with Gasteiger partial charge in [-0.2, -0.15) is 4.31 Å². The maximum atomic E-state index is 13.0. The number of hydrogen-bond donors (Lipinski definition) is 1. The molecule has 0 bridgehead atoms. The molecule has 10 heteroatoms. The molecule has 2 saturated heterocycles. The molecule has 0 saturated carbocycles. The molecule has 2 heterocycles. The van der Waals surface area contributed by atoms with E-state index in [1.165, 1.54) is 21.0 Å². The number of thioether (sulfide) groups is 1. The lowest BCUT2D eigenvalue weighted by molar-refractivity contribution is -0.122. The zero-order valence-electron chi connectivity index (χ0n) is 17.8. The Kier molecular flexibility index (Phi) is 8.02. The highest BCUT2D eigenvalue weighted by atomic mass is 32.2. The van der Waals surface area contributed by atoms with Gasteiger partial charge in [-0.05, 0) is 37.1 Å². The van der Waals surface area contributed by atoms with E-state index in [1.54, 1.807) is 6.08 Å². The molecule has 0 spiro atoms. The van der Waals surface area contributed by atoms with E-state index in [0.29, 0.717) is 34.7 Å². The van der Waals surface area contributed by atoms with E-state index < -0.39 is 10.9 Å². The highest BCUT2D eigenvalue weighted by molar-refractivity contribution is 8.26. The lowest BCUT2D eigenvalue weighted by Crippen LogP contribution is -2.41. The number of amides is 1. The van der Waals surface area contributed by atoms with Crippen molar-refractivity contribution in [3.8, 4) is 11.5 Å². The van der Waals surface area contributed by atoms with Crippen molar-refractivity contribution in [1.29, 1.82) is 0 Å². The third-order valence-electron chi connectivity index (χ3n) is 5.38. The van der Waals surface area contributed by atoms with Crippen LogP contribution in [0.2, 0.25) is 0 Å². The van der Waals surface area contributed by atoms with Crippen LogP contribution in [-0.2, 0) is 15.7 Å². The van der Waals surface area contributed by atoms with Crippen molar-refractivity contribution < 1.29 is 22.7 Å². The number of hydrogen-bond acceptors (Lipinski definition) is 7. The maximum Gasteiger partial charge on any atom is 0.266 e. The Morgan fingerprint density at radius 2 is 1.79 bits per heavy atom. The molecule has 0 aliphatic carbocycles. The van der Waals surface area contributed by atoms with Crippen LogP contribution >= 0.6 is 24.0 Å². The highest BCUT2D eigenvalue weighted by Gasteiger charge is 2.37. The van der Waals surface area contributed by atoms with Gasteiger partial charge in [-0.1, -0.05) is 60.4 Å². The summed E-state index contributed by atoms with van der Waals surface area (Å²) in [5, 5.41) is 0. The van der Waals surface area contributed by atoms with Gasteiger partial charge in [-0.15, -0.1) is 0 Å². The summed E-state index contributed by atoms with van der Waals surface area (Å²) in [5.41, 5.74) is 0.767. The molecule has 33 heavy (non-hydrogen) atoms. The summed E-state index contributed by atoms with van der Waals surface area (Å²) in [4.78, 5) is 15.0. The van der Waals surface area contributed by atoms with Gasteiger partial charge in [0.05, 0.1) is 4.91 Å². The largest absolute Gasteiger partial charge is 0.490 e. The van der Waals surface area contributed by atoms with E-state index in [-0.39, 0.29) is 18.5 Å². The van der Waals surface area contributed by atoms with Crippen LogP contribution in [0.5, 0.6) is 11.5 Å². The first-order chi connectivity index (χ1) is 16.0. The Bertz CT molecular complexity index is 1110. The van der Waals surface area contributed by atoms with Gasteiger partial charge >= 0.3 is 0 Å². The molecular weight excluding hydrogens is 480 g/mol. The van der Waals surface area contributed by atoms with Crippen LogP contribution < -0.4 is 9.47 Å². The van der Waals surface area contributed by atoms with Crippen molar-refractivity contribution in [2.24, 2.45) is 0 Å². The van der Waals surface area contributed by atoms with Gasteiger partial charge in [0.2, 0.25) is 10.9 Å². The summed E-state index contributed by atoms with van der Waals surface area (Å²) in [6, 6.07) is 16.8. The van der Waals surface area contributed by atoms with Crippen LogP contribution in [0.25, 0.3) is 6.08 Å². The summed E-state index contributed by atoms with van der Waals surface area (Å²) >= 11 is 6.65. The minimum atomic E-state index is -2.66. The van der Waals surface area contributed by atoms with Gasteiger partial charge in [-0.25, -0.2) is 8.42 Å². The first-order valence-electron chi connectivity index (χ1n) is 10.6. The fraction of sp³-hybridized carbons (Fsp3) is 0.304. The molecule has 0 radical (unpaired) electrons. The summed E-state index contributed by atoms with van der Waals surface area (Å²) < 4.78 is 36.4. The van der Waals surface area contributed by atoms with E-state index in [9.17, 15) is 13.2 Å². The molecule has 7 nitrogen and oxygen atoms in total. The standard InChI is InChI=1S/C23H24N2O5S3/c26-22-21(32-23(31)24(22)16-18-8-6-12-25(18)33(27)28)15-17-7-4-5-11-20(17)30-14-13-29-19-9-2-1-3-10-19/h1-5,7,9-11,15,18,33H,6,8,12-14,16H2/b21-15-. The van der Waals surface area contributed by atoms with Crippen LogP contribution in [-0.4, -0.2) is 60.2 Å². The number of para-hydroxylation sites is 2. The average molecular weight is 505 g/mol. The van der Waals surface area contributed by atoms with E-state index in [0.717, 1.165) is 24.2 Å². The Morgan fingerprint density at radius 3 is 2.58 bits per heavy atom. The van der Waals surface area contributed by atoms with Crippen molar-refractivity contribution in [3.05, 3.63) is 65.1 Å². The van der Waals surface area contributed by atoms with E-state index in [4.69, 9.17) is 21.7 Å². The second-order valence-corrected chi connectivity index (χ2v) is 10.2. The van der Waals surface area contributed by atoms with Crippen LogP contribution in [0, 0.1) is 0 Å². The van der Waals surface area contributed by atoms with Gasteiger partial charge < -0.3 is 9.47 Å². The SMILES string of the molecule is O=C1/C(=C/c2ccccc2OCCOc2ccccc2)SC(=S)N1CC1CCCN1[SH](=O)=O. The van der Waals surface area contributed by atoms with Gasteiger partial charge in [0.25, 0.3) is 5.91 Å². The predicted octanol–water partition coefficient (Wildman–Crippen LogP) is 3.34. The molecule has 1 atom stereocenters. The molecule has 4 rings (SSSR count). The van der Waals surface area contributed by atoms with Crippen molar-refractivity contribution in [2.45, 2.75) is 18.9 Å². The number of rotatable bonds is 9. The van der Waals surface area contributed by atoms with E-state index in [1.807, 2.05) is 54.6 Å². The number of ether oxygens (including phenoxy) is 2. The lowest BCUT2D eigenvalue weighted by Gasteiger charge is -2.23. The van der Waals surface area contributed by atoms with E-state index in [2.05, 4.69) is 0 Å². The monoisotopic (exact) mass is 504 g/mol. The smallest absolute Gasteiger partial charge is 0.266 e. The van der Waals surface area contributed by atoms with Gasteiger partial charge in [0, 0.05) is 24.7 Å². The van der Waals surface area contributed by atoms with Crippen LogP contribution in [0.1, 0.15) is 18.4 Å². The number of thiol groups is 1. The first-order valence-corrected chi connectivity index (χ1v) is 12.9. The molecule has 1 unspecified atom stereocenters. The second kappa shape index (κ2) is 11.1. The van der Waals surface area contributed by atoms with Crippen molar-refractivity contribution in [1.82, 2.24) is 9.21 Å². The van der Waals surface area contributed by atoms with Crippen LogP contribution in [0.4, 0.5) is 0 Å². The Morgan fingerprint density at radius 1 is 1.06 bits per heavy atom. The minimum Gasteiger partial charge on any atom is -0.490 e. The van der Waals surface area contributed by atoms with Crippen molar-refractivity contribution >= 4 is 51.2 Å². The van der Waals surface area contributed by atoms with Gasteiger partial charge in [0.1, 0.15) is 29.0 Å². The predicted molar refractivity (Wildman–Crippen MR) is 134 cm³/mol. The zero-order chi connectivity index (χ0) is 23.2. The normalized spacial score (nSPS) is 20.2. The number of benzene rings is 2. The molecule has 2 fully saturated rings. The summed E-state index contributed by atoms with van der Waals surface area (Å²) in [5.74, 6) is 1.21. The Balaban J connectivity index is 1.40. The summed E-state index contributed by atoms with van der Waals surface area (Å²) in [6.45, 7) is 1.51. The average Bonchev–Trinajstić information content (AvgIpc) is 3.39. The molecule has 2 aromatic rings. The number of carbonyl (C=O) groups is 1. The first kappa shape index (κ1) is 23.7. The zero-order valence-corrected chi connectivity index (χ0v) is 20.3. The van der Waals surface area contributed by atoms with Gasteiger partial charge in [-0.3, -0.25) is 9.69 Å². The molecule has 2 aromatic carbocycles. The van der Waals surface area contributed by atoms with E-state index >= 15 is 0 Å². The quantitative estimate of drug-likeness (QED) is 0.243. The number of nitrogens with zero attached hydrogens (tertiary/aromatic N) is 2. The molecular formula is C23H24N2O5S3. The highest BCUT2D eigenvalue weighted by Crippen LogP contribution is 2.35. The van der Waals surface area contributed by atoms with Crippen molar-refractivity contribution in [2.75, 3.05) is 26.3 Å². The van der Waals surface area contributed by atoms with Crippen LogP contribution in [0.3, 0.4) is 0 Å². The fourth-order valence-corrected chi connectivity index (χ4v) is 5.82. The molecule has 2 aliphatic rings. The Hall–Kier alpha value is -2.40. The third-order valence-corrected chi connectivity index (χ3v) is 7.71. The Labute approximate surface area is 204 Å². The summed E-state index contributed by atoms with van der Waals surface area (Å²) in [6.07, 6.45) is 3.28. The minimum absolute atomic E-state index is 0.208. The molecule has 0 N–H and O–H groups in total. The molecule has 0 aromatic heterocycles. The number of carbonyl (C=O) groups excluding carboxylic acids is 1. The molecule has 174 valence electrons. The number of thiocarbonyl (C=S) groups is 1. The lowest BCUT2D eigenvalue weighted by atomic mass is 10.1. The molecule has 1 amide bonds. The van der Waals surface area contributed by atoms with Crippen LogP contribution in [0.15, 0.2) is 59.5 Å². The van der Waals surface area contributed by atoms with Gasteiger partial charge in [0.15, 0.2) is 0 Å². The second-order valence-electron chi connectivity index (χ2n) is 7.54. The maximum absolute atomic E-state index is 13.0. The molecule has 2 aliphatic heterocycles. The van der Waals surface area contributed by atoms with Crippen molar-refractivity contribution in [3.63, 3.8) is 0 Å². The third kappa shape index (κ3) is 5.94. The topological polar surface area (TPSA) is 76.2 Å².